The lowest BCUT2D eigenvalue weighted by Gasteiger charge is -1.89. The van der Waals surface area contributed by atoms with Crippen LogP contribution in [0.2, 0.25) is 0 Å². The van der Waals surface area contributed by atoms with Crippen LogP contribution >= 0.6 is 11.6 Å². The fourth-order valence-corrected chi connectivity index (χ4v) is 0.922. The van der Waals surface area contributed by atoms with Crippen LogP contribution in [-0.4, -0.2) is 25.2 Å². The number of imidazole rings is 1. The molecule has 0 fully saturated rings. The van der Waals surface area contributed by atoms with E-state index in [1.165, 1.54) is 12.5 Å². The third-order valence-electron chi connectivity index (χ3n) is 1.35. The second-order valence-corrected chi connectivity index (χ2v) is 2.45. The summed E-state index contributed by atoms with van der Waals surface area (Å²) in [6, 6.07) is 0. The highest BCUT2D eigenvalue weighted by molar-refractivity contribution is 6.67. The van der Waals surface area contributed by atoms with Crippen molar-refractivity contribution in [2.75, 3.05) is 0 Å². The van der Waals surface area contributed by atoms with Crippen LogP contribution < -0.4 is 0 Å². The van der Waals surface area contributed by atoms with Crippen LogP contribution in [0.1, 0.15) is 10.6 Å². The Balaban J connectivity index is 2.68. The van der Waals surface area contributed by atoms with E-state index in [2.05, 4.69) is 19.9 Å². The van der Waals surface area contributed by atoms with Gasteiger partial charge in [0.25, 0.3) is 5.24 Å². The number of rotatable bonds is 1. The van der Waals surface area contributed by atoms with Gasteiger partial charge in [-0.2, -0.15) is 0 Å². The first-order valence-electron chi connectivity index (χ1n) is 3.13. The highest BCUT2D eigenvalue weighted by Gasteiger charge is 2.06. The Bertz CT molecular complexity index is 438. The molecule has 0 aromatic carbocycles. The van der Waals surface area contributed by atoms with Crippen molar-refractivity contribution in [2.24, 2.45) is 0 Å². The van der Waals surface area contributed by atoms with Gasteiger partial charge in [-0.05, 0) is 11.6 Å². The average Bonchev–Trinajstić information content (AvgIpc) is 2.49. The molecule has 2 rings (SSSR count). The molecule has 0 atom stereocenters. The van der Waals surface area contributed by atoms with Gasteiger partial charge in [-0.3, -0.25) is 4.79 Å². The number of carbonyl (C=O) groups is 1. The summed E-state index contributed by atoms with van der Waals surface area (Å²) in [5.74, 6) is -0.0312. The Morgan fingerprint density at radius 2 is 2.33 bits per heavy atom. The molecule has 2 aromatic rings. The second-order valence-electron chi connectivity index (χ2n) is 2.11. The van der Waals surface area contributed by atoms with E-state index in [1.807, 2.05) is 0 Å². The molecule has 0 unspecified atom stereocenters. The average molecular weight is 183 g/mol. The smallest absolute Gasteiger partial charge is 0.289 e. The number of H-pyrrole nitrogens is 1. The van der Waals surface area contributed by atoms with Crippen molar-refractivity contribution in [1.29, 1.82) is 0 Å². The third-order valence-corrected chi connectivity index (χ3v) is 1.52. The molecule has 5 nitrogen and oxygen atoms in total. The van der Waals surface area contributed by atoms with Crippen molar-refractivity contribution in [3.8, 4) is 0 Å². The molecule has 0 saturated heterocycles. The minimum Gasteiger partial charge on any atom is -0.342 e. The highest BCUT2D eigenvalue weighted by Crippen LogP contribution is 2.05. The lowest BCUT2D eigenvalue weighted by molar-refractivity contribution is 0.107. The molecule has 0 amide bonds. The zero-order valence-corrected chi connectivity index (χ0v) is 6.54. The van der Waals surface area contributed by atoms with E-state index in [-0.39, 0.29) is 5.82 Å². The molecule has 60 valence electrons. The molecule has 0 aliphatic heterocycles. The molecular formula is C6H3ClN4O. The lowest BCUT2D eigenvalue weighted by atomic mass is 10.5. The van der Waals surface area contributed by atoms with Crippen molar-refractivity contribution < 1.29 is 4.79 Å². The van der Waals surface area contributed by atoms with Gasteiger partial charge in [0.05, 0.1) is 12.5 Å². The van der Waals surface area contributed by atoms with Gasteiger partial charge in [0, 0.05) is 0 Å². The maximum absolute atomic E-state index is 10.6. The number of hydrogen-bond acceptors (Lipinski definition) is 4. The van der Waals surface area contributed by atoms with Crippen molar-refractivity contribution in [1.82, 2.24) is 19.9 Å². The first kappa shape index (κ1) is 7.17. The molecule has 12 heavy (non-hydrogen) atoms. The monoisotopic (exact) mass is 182 g/mol. The summed E-state index contributed by atoms with van der Waals surface area (Å²) in [6.45, 7) is 0. The minimum atomic E-state index is -0.681. The van der Waals surface area contributed by atoms with E-state index in [0.29, 0.717) is 11.2 Å². The third kappa shape index (κ3) is 1.04. The van der Waals surface area contributed by atoms with E-state index in [9.17, 15) is 4.79 Å². The Labute approximate surface area is 71.8 Å². The first-order valence-corrected chi connectivity index (χ1v) is 3.51. The van der Waals surface area contributed by atoms with Crippen LogP contribution in [0.15, 0.2) is 12.5 Å². The molecule has 2 heterocycles. The standard InChI is InChI=1S/C6H3ClN4O/c7-4(12)6-8-1-3-5(11-6)10-2-9-3/h1-2H,(H,8,9,10,11). The van der Waals surface area contributed by atoms with Gasteiger partial charge in [-0.1, -0.05) is 0 Å². The van der Waals surface area contributed by atoms with Gasteiger partial charge >= 0.3 is 0 Å². The van der Waals surface area contributed by atoms with Gasteiger partial charge in [0.2, 0.25) is 5.82 Å². The summed E-state index contributed by atoms with van der Waals surface area (Å²) in [6.07, 6.45) is 2.94. The van der Waals surface area contributed by atoms with Gasteiger partial charge < -0.3 is 4.98 Å². The maximum Gasteiger partial charge on any atom is 0.289 e. The number of aromatic amines is 1. The zero-order chi connectivity index (χ0) is 8.55. The molecule has 0 aliphatic carbocycles. The normalized spacial score (nSPS) is 10.4. The number of nitrogens with one attached hydrogen (secondary N) is 1. The van der Waals surface area contributed by atoms with Gasteiger partial charge in [-0.15, -0.1) is 0 Å². The van der Waals surface area contributed by atoms with E-state index >= 15 is 0 Å². The van der Waals surface area contributed by atoms with Crippen molar-refractivity contribution >= 4 is 28.0 Å². The zero-order valence-electron chi connectivity index (χ0n) is 5.78. The van der Waals surface area contributed by atoms with Gasteiger partial charge in [0.15, 0.2) is 5.65 Å². The topological polar surface area (TPSA) is 71.5 Å². The van der Waals surface area contributed by atoms with Crippen LogP contribution in [0.5, 0.6) is 0 Å². The summed E-state index contributed by atoms with van der Waals surface area (Å²) < 4.78 is 0. The number of aromatic nitrogens is 4. The predicted octanol–water partition coefficient (Wildman–Crippen LogP) is 0.732. The van der Waals surface area contributed by atoms with Crippen LogP contribution in [0.3, 0.4) is 0 Å². The number of halogens is 1. The van der Waals surface area contributed by atoms with Crippen molar-refractivity contribution in [3.05, 3.63) is 18.3 Å². The minimum absolute atomic E-state index is 0.0312. The lowest BCUT2D eigenvalue weighted by Crippen LogP contribution is -1.97. The molecule has 6 heteroatoms. The van der Waals surface area contributed by atoms with Gasteiger partial charge in [0.1, 0.15) is 5.52 Å². The number of carbonyl (C=O) groups excluding carboxylic acids is 1. The summed E-state index contributed by atoms with van der Waals surface area (Å²) in [7, 11) is 0. The molecule has 0 spiro atoms. The molecule has 0 bridgehead atoms. The summed E-state index contributed by atoms with van der Waals surface area (Å²) in [4.78, 5) is 24.8. The van der Waals surface area contributed by atoms with Crippen LogP contribution in [0.25, 0.3) is 11.2 Å². The summed E-state index contributed by atoms with van der Waals surface area (Å²) in [5, 5.41) is -0.681. The first-order chi connectivity index (χ1) is 5.77. The van der Waals surface area contributed by atoms with Crippen LogP contribution in [0.4, 0.5) is 0 Å². The summed E-state index contributed by atoms with van der Waals surface area (Å²) >= 11 is 5.17. The van der Waals surface area contributed by atoms with Crippen LogP contribution in [-0.2, 0) is 0 Å². The van der Waals surface area contributed by atoms with Crippen molar-refractivity contribution in [2.45, 2.75) is 0 Å². The van der Waals surface area contributed by atoms with E-state index < -0.39 is 5.24 Å². The molecular weight excluding hydrogens is 180 g/mol. The van der Waals surface area contributed by atoms with Crippen LogP contribution in [0, 0.1) is 0 Å². The number of hydrogen-bond donors (Lipinski definition) is 1. The Morgan fingerprint density at radius 1 is 1.50 bits per heavy atom. The second kappa shape index (κ2) is 2.53. The van der Waals surface area contributed by atoms with E-state index in [1.54, 1.807) is 0 Å². The Morgan fingerprint density at radius 3 is 3.08 bits per heavy atom. The fraction of sp³-hybridized carbons (Fsp3) is 0. The molecule has 0 radical (unpaired) electrons. The molecule has 2 aromatic heterocycles. The quantitative estimate of drug-likeness (QED) is 0.660. The summed E-state index contributed by atoms with van der Waals surface area (Å²) in [5.41, 5.74) is 1.12. The highest BCUT2D eigenvalue weighted by atomic mass is 35.5. The Hall–Kier alpha value is -1.49. The largest absolute Gasteiger partial charge is 0.342 e. The molecule has 0 aliphatic rings. The maximum atomic E-state index is 10.6. The molecule has 1 N–H and O–H groups in total. The Kier molecular flexibility index (Phi) is 1.51. The number of nitrogens with zero attached hydrogens (tertiary/aromatic N) is 3. The van der Waals surface area contributed by atoms with E-state index in [4.69, 9.17) is 11.6 Å². The van der Waals surface area contributed by atoms with Crippen molar-refractivity contribution in [3.63, 3.8) is 0 Å². The van der Waals surface area contributed by atoms with Gasteiger partial charge in [-0.25, -0.2) is 15.0 Å². The number of fused-ring (bicyclic) bond motifs is 1. The molecule has 0 saturated carbocycles. The van der Waals surface area contributed by atoms with E-state index in [0.717, 1.165) is 0 Å². The fourth-order valence-electron chi connectivity index (χ4n) is 0.831. The predicted molar refractivity (Wildman–Crippen MR) is 41.9 cm³/mol. The SMILES string of the molecule is O=C(Cl)c1ncc2[nH]cnc2n1.